The molecule has 0 atom stereocenters. The summed E-state index contributed by atoms with van der Waals surface area (Å²) in [4.78, 5) is 6.40. The first-order chi connectivity index (χ1) is 6.77. The van der Waals surface area contributed by atoms with Crippen LogP contribution in [0.4, 0.5) is 5.82 Å². The molecule has 0 aromatic carbocycles. The highest BCUT2D eigenvalue weighted by atomic mass is 16.3. The van der Waals surface area contributed by atoms with Gasteiger partial charge in [0.25, 0.3) is 0 Å². The zero-order valence-corrected chi connectivity index (χ0v) is 8.90. The first-order valence-corrected chi connectivity index (χ1v) is 5.06. The Morgan fingerprint density at radius 3 is 2.79 bits per heavy atom. The molecule has 1 heterocycles. The quantitative estimate of drug-likeness (QED) is 0.773. The zero-order valence-electron chi connectivity index (χ0n) is 8.90. The Morgan fingerprint density at radius 1 is 1.43 bits per heavy atom. The molecule has 14 heavy (non-hydrogen) atoms. The lowest BCUT2D eigenvalue weighted by molar-refractivity contribution is 0.301. The SMILES string of the molecule is CCCN(CCO)c1cc(C)ccn1. The van der Waals surface area contributed by atoms with Crippen molar-refractivity contribution < 1.29 is 5.11 Å². The predicted octanol–water partition coefficient (Wildman–Crippen LogP) is 1.60. The van der Waals surface area contributed by atoms with Crippen molar-refractivity contribution in [3.05, 3.63) is 23.9 Å². The van der Waals surface area contributed by atoms with Crippen molar-refractivity contribution in [2.75, 3.05) is 24.6 Å². The van der Waals surface area contributed by atoms with Gasteiger partial charge >= 0.3 is 0 Å². The smallest absolute Gasteiger partial charge is 0.128 e. The van der Waals surface area contributed by atoms with Gasteiger partial charge in [-0.25, -0.2) is 4.98 Å². The monoisotopic (exact) mass is 194 g/mol. The van der Waals surface area contributed by atoms with E-state index < -0.39 is 0 Å². The highest BCUT2D eigenvalue weighted by Gasteiger charge is 2.05. The third-order valence-electron chi connectivity index (χ3n) is 2.09. The molecule has 0 amide bonds. The second-order valence-corrected chi connectivity index (χ2v) is 3.40. The van der Waals surface area contributed by atoms with Crippen LogP contribution >= 0.6 is 0 Å². The molecule has 0 spiro atoms. The van der Waals surface area contributed by atoms with Gasteiger partial charge in [-0.1, -0.05) is 6.92 Å². The van der Waals surface area contributed by atoms with Crippen LogP contribution in [0.2, 0.25) is 0 Å². The topological polar surface area (TPSA) is 36.4 Å². The van der Waals surface area contributed by atoms with Crippen LogP contribution in [-0.2, 0) is 0 Å². The van der Waals surface area contributed by atoms with Gasteiger partial charge in [0.1, 0.15) is 5.82 Å². The van der Waals surface area contributed by atoms with Crippen molar-refractivity contribution in [2.24, 2.45) is 0 Å². The number of nitrogens with zero attached hydrogens (tertiary/aromatic N) is 2. The maximum absolute atomic E-state index is 8.92. The molecule has 0 fully saturated rings. The second kappa shape index (κ2) is 5.60. The molecule has 0 radical (unpaired) electrons. The van der Waals surface area contributed by atoms with Crippen LogP contribution in [0, 0.1) is 6.92 Å². The average Bonchev–Trinajstić information content (AvgIpc) is 2.17. The van der Waals surface area contributed by atoms with E-state index in [1.807, 2.05) is 25.3 Å². The van der Waals surface area contributed by atoms with Gasteiger partial charge in [-0.2, -0.15) is 0 Å². The third kappa shape index (κ3) is 3.00. The summed E-state index contributed by atoms with van der Waals surface area (Å²) >= 11 is 0. The molecular formula is C11H18N2O. The lowest BCUT2D eigenvalue weighted by Crippen LogP contribution is -2.28. The zero-order chi connectivity index (χ0) is 10.4. The standard InChI is InChI=1S/C11H18N2O/c1-3-6-13(7-8-14)11-9-10(2)4-5-12-11/h4-5,9,14H,3,6-8H2,1-2H3. The minimum absolute atomic E-state index is 0.176. The van der Waals surface area contributed by atoms with E-state index in [4.69, 9.17) is 5.11 Å². The summed E-state index contributed by atoms with van der Waals surface area (Å²) in [6.07, 6.45) is 2.88. The lowest BCUT2D eigenvalue weighted by atomic mass is 10.3. The Kier molecular flexibility index (Phi) is 4.40. The van der Waals surface area contributed by atoms with Gasteiger partial charge in [-0.15, -0.1) is 0 Å². The number of aliphatic hydroxyl groups is 1. The summed E-state index contributed by atoms with van der Waals surface area (Å²) in [6.45, 7) is 5.95. The molecular weight excluding hydrogens is 176 g/mol. The molecule has 1 aromatic rings. The van der Waals surface area contributed by atoms with Gasteiger partial charge in [-0.05, 0) is 31.0 Å². The highest BCUT2D eigenvalue weighted by molar-refractivity contribution is 5.40. The van der Waals surface area contributed by atoms with Crippen molar-refractivity contribution in [3.63, 3.8) is 0 Å². The number of aliphatic hydroxyl groups excluding tert-OH is 1. The number of aryl methyl sites for hydroxylation is 1. The molecule has 0 unspecified atom stereocenters. The van der Waals surface area contributed by atoms with Crippen molar-refractivity contribution in [1.82, 2.24) is 4.98 Å². The molecule has 1 rings (SSSR count). The van der Waals surface area contributed by atoms with Gasteiger partial charge in [0.15, 0.2) is 0 Å². The molecule has 1 N–H and O–H groups in total. The van der Waals surface area contributed by atoms with Crippen LogP contribution in [0.15, 0.2) is 18.3 Å². The lowest BCUT2D eigenvalue weighted by Gasteiger charge is -2.22. The van der Waals surface area contributed by atoms with E-state index in [-0.39, 0.29) is 6.61 Å². The van der Waals surface area contributed by atoms with Gasteiger partial charge in [0, 0.05) is 19.3 Å². The number of hydrogen-bond acceptors (Lipinski definition) is 3. The molecule has 3 nitrogen and oxygen atoms in total. The Hall–Kier alpha value is -1.09. The van der Waals surface area contributed by atoms with E-state index in [1.54, 1.807) is 0 Å². The van der Waals surface area contributed by atoms with Crippen LogP contribution in [0.5, 0.6) is 0 Å². The number of hydrogen-bond donors (Lipinski definition) is 1. The molecule has 78 valence electrons. The van der Waals surface area contributed by atoms with E-state index in [0.717, 1.165) is 18.8 Å². The van der Waals surface area contributed by atoms with Crippen LogP contribution < -0.4 is 4.90 Å². The molecule has 1 aromatic heterocycles. The number of aromatic nitrogens is 1. The minimum atomic E-state index is 0.176. The van der Waals surface area contributed by atoms with Gasteiger partial charge in [0.2, 0.25) is 0 Å². The second-order valence-electron chi connectivity index (χ2n) is 3.40. The Morgan fingerprint density at radius 2 is 2.21 bits per heavy atom. The van der Waals surface area contributed by atoms with Gasteiger partial charge in [-0.3, -0.25) is 0 Å². The van der Waals surface area contributed by atoms with E-state index >= 15 is 0 Å². The van der Waals surface area contributed by atoms with Crippen molar-refractivity contribution in [2.45, 2.75) is 20.3 Å². The van der Waals surface area contributed by atoms with Crippen LogP contribution in [-0.4, -0.2) is 29.8 Å². The van der Waals surface area contributed by atoms with Crippen LogP contribution in [0.1, 0.15) is 18.9 Å². The van der Waals surface area contributed by atoms with E-state index in [2.05, 4.69) is 16.8 Å². The summed E-state index contributed by atoms with van der Waals surface area (Å²) in [6, 6.07) is 4.03. The van der Waals surface area contributed by atoms with E-state index in [0.29, 0.717) is 6.54 Å². The Labute approximate surface area is 85.4 Å². The normalized spacial score (nSPS) is 10.2. The third-order valence-corrected chi connectivity index (χ3v) is 2.09. The fourth-order valence-corrected chi connectivity index (χ4v) is 1.42. The average molecular weight is 194 g/mol. The predicted molar refractivity (Wildman–Crippen MR) is 58.6 cm³/mol. The number of anilines is 1. The molecule has 0 aliphatic rings. The Bertz CT molecular complexity index is 270. The van der Waals surface area contributed by atoms with Crippen LogP contribution in [0.25, 0.3) is 0 Å². The maximum Gasteiger partial charge on any atom is 0.128 e. The Balaban J connectivity index is 2.75. The van der Waals surface area contributed by atoms with E-state index in [1.165, 1.54) is 5.56 Å². The number of pyridine rings is 1. The maximum atomic E-state index is 8.92. The molecule has 0 aliphatic carbocycles. The van der Waals surface area contributed by atoms with Gasteiger partial charge < -0.3 is 10.0 Å². The molecule has 0 bridgehead atoms. The van der Waals surface area contributed by atoms with E-state index in [9.17, 15) is 0 Å². The largest absolute Gasteiger partial charge is 0.395 e. The molecule has 0 saturated carbocycles. The van der Waals surface area contributed by atoms with Gasteiger partial charge in [0.05, 0.1) is 6.61 Å². The highest BCUT2D eigenvalue weighted by Crippen LogP contribution is 2.11. The fraction of sp³-hybridized carbons (Fsp3) is 0.545. The molecule has 0 aliphatic heterocycles. The van der Waals surface area contributed by atoms with Crippen molar-refractivity contribution >= 4 is 5.82 Å². The number of rotatable bonds is 5. The molecule has 0 saturated heterocycles. The summed E-state index contributed by atoms with van der Waals surface area (Å²) in [7, 11) is 0. The first-order valence-electron chi connectivity index (χ1n) is 5.06. The van der Waals surface area contributed by atoms with Crippen molar-refractivity contribution in [3.8, 4) is 0 Å². The molecule has 3 heteroatoms. The van der Waals surface area contributed by atoms with Crippen LogP contribution in [0.3, 0.4) is 0 Å². The minimum Gasteiger partial charge on any atom is -0.395 e. The summed E-state index contributed by atoms with van der Waals surface area (Å²) < 4.78 is 0. The summed E-state index contributed by atoms with van der Waals surface area (Å²) in [5.41, 5.74) is 1.20. The summed E-state index contributed by atoms with van der Waals surface area (Å²) in [5.74, 6) is 0.959. The van der Waals surface area contributed by atoms with Crippen molar-refractivity contribution in [1.29, 1.82) is 0 Å². The summed E-state index contributed by atoms with van der Waals surface area (Å²) in [5, 5.41) is 8.92. The fourth-order valence-electron chi connectivity index (χ4n) is 1.42. The first kappa shape index (κ1) is 11.0.